The summed E-state index contributed by atoms with van der Waals surface area (Å²) < 4.78 is 5.12. The number of piperidine rings is 1. The minimum Gasteiger partial charge on any atom is -0.361 e. The maximum absolute atomic E-state index is 12.0. The van der Waals surface area contributed by atoms with E-state index in [2.05, 4.69) is 22.7 Å². The first-order valence-electron chi connectivity index (χ1n) is 7.07. The predicted octanol–water partition coefficient (Wildman–Crippen LogP) is 2.06. The van der Waals surface area contributed by atoms with Crippen LogP contribution in [0.15, 0.2) is 4.52 Å². The Morgan fingerprint density at radius 2 is 2.29 bits per heavy atom. The maximum atomic E-state index is 12.0. The Bertz CT molecular complexity index is 448. The molecule has 0 aromatic carbocycles. The van der Waals surface area contributed by atoms with Crippen LogP contribution in [0.25, 0.3) is 0 Å². The molecule has 0 radical (unpaired) electrons. The highest BCUT2D eigenvalue weighted by Crippen LogP contribution is 2.19. The molecule has 0 bridgehead atoms. The second-order valence-electron chi connectivity index (χ2n) is 5.44. The Morgan fingerprint density at radius 3 is 2.90 bits per heavy atom. The summed E-state index contributed by atoms with van der Waals surface area (Å²) in [6.07, 6.45) is 1.02. The Hall–Kier alpha value is -0.720. The molecule has 120 valence electrons. The minimum absolute atomic E-state index is 0. The number of halogens is 1. The van der Waals surface area contributed by atoms with Gasteiger partial charge in [0.05, 0.1) is 11.4 Å². The van der Waals surface area contributed by atoms with Gasteiger partial charge in [-0.1, -0.05) is 12.1 Å². The number of aromatic nitrogens is 1. The summed E-state index contributed by atoms with van der Waals surface area (Å²) in [5.74, 6) is 2.74. The first-order chi connectivity index (χ1) is 9.58. The highest BCUT2D eigenvalue weighted by atomic mass is 35.5. The first kappa shape index (κ1) is 18.3. The fraction of sp³-hybridized carbons (Fsp3) is 0.714. The summed E-state index contributed by atoms with van der Waals surface area (Å²) in [5.41, 5.74) is 2.03. The summed E-state index contributed by atoms with van der Waals surface area (Å²) in [4.78, 5) is 12.0. The van der Waals surface area contributed by atoms with Gasteiger partial charge in [-0.05, 0) is 39.3 Å². The van der Waals surface area contributed by atoms with Gasteiger partial charge in [0.1, 0.15) is 5.76 Å². The van der Waals surface area contributed by atoms with Gasteiger partial charge in [-0.3, -0.25) is 4.79 Å². The molecule has 1 aliphatic heterocycles. The third kappa shape index (κ3) is 5.20. The van der Waals surface area contributed by atoms with Gasteiger partial charge in [0.15, 0.2) is 0 Å². The zero-order valence-electron chi connectivity index (χ0n) is 12.8. The van der Waals surface area contributed by atoms with Gasteiger partial charge >= 0.3 is 0 Å². The molecule has 2 heterocycles. The fourth-order valence-electron chi connectivity index (χ4n) is 2.43. The van der Waals surface area contributed by atoms with Crippen molar-refractivity contribution in [3.63, 3.8) is 0 Å². The van der Waals surface area contributed by atoms with Crippen molar-refractivity contribution >= 4 is 30.1 Å². The molecule has 2 atom stereocenters. The van der Waals surface area contributed by atoms with E-state index in [0.717, 1.165) is 42.3 Å². The van der Waals surface area contributed by atoms with Crippen LogP contribution in [0.3, 0.4) is 0 Å². The molecule has 1 amide bonds. The maximum Gasteiger partial charge on any atom is 0.230 e. The molecule has 2 rings (SSSR count). The third-order valence-electron chi connectivity index (χ3n) is 3.79. The highest BCUT2D eigenvalue weighted by molar-refractivity contribution is 7.99. The summed E-state index contributed by atoms with van der Waals surface area (Å²) in [5, 5.41) is 10.4. The van der Waals surface area contributed by atoms with Crippen LogP contribution in [0.1, 0.15) is 30.4 Å². The topological polar surface area (TPSA) is 67.2 Å². The molecule has 0 spiro atoms. The zero-order valence-corrected chi connectivity index (χ0v) is 14.4. The van der Waals surface area contributed by atoms with Crippen molar-refractivity contribution in [2.45, 2.75) is 39.0 Å². The molecular formula is C14H24ClN3O2S. The second-order valence-corrected chi connectivity index (χ2v) is 6.43. The van der Waals surface area contributed by atoms with E-state index in [0.29, 0.717) is 17.7 Å². The van der Waals surface area contributed by atoms with E-state index in [1.807, 2.05) is 13.8 Å². The van der Waals surface area contributed by atoms with Crippen molar-refractivity contribution < 1.29 is 9.32 Å². The number of thioether (sulfide) groups is 1. The average Bonchev–Trinajstić information content (AvgIpc) is 2.73. The van der Waals surface area contributed by atoms with Crippen LogP contribution in [0.5, 0.6) is 0 Å². The smallest absolute Gasteiger partial charge is 0.230 e. The molecule has 1 aliphatic rings. The van der Waals surface area contributed by atoms with Crippen LogP contribution in [-0.4, -0.2) is 35.9 Å². The third-order valence-corrected chi connectivity index (χ3v) is 4.75. The van der Waals surface area contributed by atoms with Crippen LogP contribution in [0.4, 0.5) is 0 Å². The lowest BCUT2D eigenvalue weighted by molar-refractivity contribution is -0.119. The van der Waals surface area contributed by atoms with Crippen molar-refractivity contribution in [3.05, 3.63) is 17.0 Å². The minimum atomic E-state index is 0. The molecule has 1 aromatic rings. The number of nitrogens with one attached hydrogen (secondary N) is 2. The highest BCUT2D eigenvalue weighted by Gasteiger charge is 2.22. The molecule has 0 saturated carbocycles. The van der Waals surface area contributed by atoms with E-state index in [9.17, 15) is 4.79 Å². The van der Waals surface area contributed by atoms with Crippen LogP contribution >= 0.6 is 24.2 Å². The Balaban J connectivity index is 0.00000220. The van der Waals surface area contributed by atoms with E-state index < -0.39 is 0 Å². The van der Waals surface area contributed by atoms with E-state index in [-0.39, 0.29) is 18.3 Å². The van der Waals surface area contributed by atoms with Crippen molar-refractivity contribution in [2.75, 3.05) is 18.8 Å². The SMILES string of the molecule is Cc1noc(C)c1CSCC(=O)NC1CCNCC1C.Cl. The molecule has 1 fully saturated rings. The van der Waals surface area contributed by atoms with Gasteiger partial charge in [-0.2, -0.15) is 0 Å². The monoisotopic (exact) mass is 333 g/mol. The average molecular weight is 334 g/mol. The molecule has 2 N–H and O–H groups in total. The Kier molecular flexibility index (Phi) is 7.56. The quantitative estimate of drug-likeness (QED) is 0.863. The molecule has 1 saturated heterocycles. The molecule has 2 unspecified atom stereocenters. The lowest BCUT2D eigenvalue weighted by Crippen LogP contribution is -2.48. The first-order valence-corrected chi connectivity index (χ1v) is 8.23. The molecule has 7 heteroatoms. The van der Waals surface area contributed by atoms with Crippen LogP contribution < -0.4 is 10.6 Å². The number of carbonyl (C=O) groups is 1. The summed E-state index contributed by atoms with van der Waals surface area (Å²) in [6, 6.07) is 0.309. The number of nitrogens with zero attached hydrogens (tertiary/aromatic N) is 1. The van der Waals surface area contributed by atoms with Crippen LogP contribution in [-0.2, 0) is 10.5 Å². The van der Waals surface area contributed by atoms with Crippen LogP contribution in [0, 0.1) is 19.8 Å². The Labute approximate surface area is 136 Å². The number of rotatable bonds is 5. The molecule has 21 heavy (non-hydrogen) atoms. The molecular weight excluding hydrogens is 310 g/mol. The van der Waals surface area contributed by atoms with Gasteiger partial charge in [0, 0.05) is 17.4 Å². The summed E-state index contributed by atoms with van der Waals surface area (Å²) >= 11 is 1.61. The van der Waals surface area contributed by atoms with E-state index >= 15 is 0 Å². The molecule has 0 aliphatic carbocycles. The van der Waals surface area contributed by atoms with Gasteiger partial charge < -0.3 is 15.2 Å². The predicted molar refractivity (Wildman–Crippen MR) is 88.0 cm³/mol. The van der Waals surface area contributed by atoms with Crippen molar-refractivity contribution in [1.29, 1.82) is 0 Å². The van der Waals surface area contributed by atoms with Crippen molar-refractivity contribution in [2.24, 2.45) is 5.92 Å². The van der Waals surface area contributed by atoms with E-state index in [4.69, 9.17) is 4.52 Å². The number of carbonyl (C=O) groups excluding carboxylic acids is 1. The van der Waals surface area contributed by atoms with Crippen molar-refractivity contribution in [1.82, 2.24) is 15.8 Å². The van der Waals surface area contributed by atoms with Crippen LogP contribution in [0.2, 0.25) is 0 Å². The largest absolute Gasteiger partial charge is 0.361 e. The molecule has 1 aromatic heterocycles. The lowest BCUT2D eigenvalue weighted by Gasteiger charge is -2.30. The van der Waals surface area contributed by atoms with E-state index in [1.165, 1.54) is 0 Å². The standard InChI is InChI=1S/C14H23N3O2S.ClH/c1-9-6-15-5-4-13(9)16-14(18)8-20-7-12-10(2)17-19-11(12)3;/h9,13,15H,4-8H2,1-3H3,(H,16,18);1H. The van der Waals surface area contributed by atoms with Gasteiger partial charge in [-0.25, -0.2) is 0 Å². The summed E-state index contributed by atoms with van der Waals surface area (Å²) in [7, 11) is 0. The second kappa shape index (κ2) is 8.66. The number of hydrogen-bond acceptors (Lipinski definition) is 5. The normalized spacial score (nSPS) is 21.7. The van der Waals surface area contributed by atoms with Gasteiger partial charge in [0.25, 0.3) is 0 Å². The number of aryl methyl sites for hydroxylation is 2. The fourth-order valence-corrected chi connectivity index (χ4v) is 3.42. The van der Waals surface area contributed by atoms with Gasteiger partial charge in [0.2, 0.25) is 5.91 Å². The van der Waals surface area contributed by atoms with E-state index in [1.54, 1.807) is 11.8 Å². The zero-order chi connectivity index (χ0) is 14.5. The lowest BCUT2D eigenvalue weighted by atomic mass is 9.95. The number of hydrogen-bond donors (Lipinski definition) is 2. The van der Waals surface area contributed by atoms with Crippen molar-refractivity contribution in [3.8, 4) is 0 Å². The summed E-state index contributed by atoms with van der Waals surface area (Å²) in [6.45, 7) is 7.99. The number of amides is 1. The Morgan fingerprint density at radius 1 is 1.52 bits per heavy atom. The molecule has 5 nitrogen and oxygen atoms in total. The van der Waals surface area contributed by atoms with Gasteiger partial charge in [-0.15, -0.1) is 24.2 Å².